The molecule has 0 atom stereocenters. The Morgan fingerprint density at radius 1 is 1.25 bits per heavy atom. The number of benzene rings is 1. The Kier molecular flexibility index (Phi) is 5.70. The number of rotatable bonds is 1. The fraction of sp³-hybridized carbons (Fsp3) is 0.300. The average Bonchev–Trinajstić information content (AvgIpc) is 2.13. The van der Waals surface area contributed by atoms with Crippen LogP contribution in [0.25, 0.3) is 0 Å². The summed E-state index contributed by atoms with van der Waals surface area (Å²) in [4.78, 5) is 4.06. The molecule has 2 heteroatoms. The first-order valence-corrected chi connectivity index (χ1v) is 4.18. The predicted molar refractivity (Wildman–Crippen MR) is 56.0 cm³/mol. The van der Waals surface area contributed by atoms with Gasteiger partial charge in [-0.1, -0.05) is 26.0 Å². The van der Waals surface area contributed by atoms with Crippen molar-refractivity contribution in [1.82, 2.24) is 0 Å². The van der Waals surface area contributed by atoms with E-state index < -0.39 is 0 Å². The SMILES string of the molecule is CC.CC=Nc1ccccc1N. The number of anilines is 1. The van der Waals surface area contributed by atoms with Crippen LogP contribution in [0.4, 0.5) is 11.4 Å². The van der Waals surface area contributed by atoms with Gasteiger partial charge in [0.05, 0.1) is 11.4 Å². The lowest BCUT2D eigenvalue weighted by atomic mass is 10.3. The lowest BCUT2D eigenvalue weighted by Gasteiger charge is -1.95. The lowest BCUT2D eigenvalue weighted by Crippen LogP contribution is -1.83. The fourth-order valence-electron chi connectivity index (χ4n) is 0.744. The van der Waals surface area contributed by atoms with Gasteiger partial charge < -0.3 is 5.73 Å². The van der Waals surface area contributed by atoms with Crippen LogP contribution in [0.5, 0.6) is 0 Å². The molecule has 1 aromatic rings. The summed E-state index contributed by atoms with van der Waals surface area (Å²) >= 11 is 0. The van der Waals surface area contributed by atoms with Gasteiger partial charge in [-0.15, -0.1) is 0 Å². The molecule has 0 aliphatic heterocycles. The Morgan fingerprint density at radius 3 is 2.33 bits per heavy atom. The van der Waals surface area contributed by atoms with Crippen LogP contribution >= 0.6 is 0 Å². The Hall–Kier alpha value is -1.31. The number of hydrogen-bond acceptors (Lipinski definition) is 2. The van der Waals surface area contributed by atoms with Crippen molar-refractivity contribution in [2.75, 3.05) is 5.73 Å². The van der Waals surface area contributed by atoms with Crippen molar-refractivity contribution in [3.8, 4) is 0 Å². The highest BCUT2D eigenvalue weighted by molar-refractivity contribution is 5.69. The van der Waals surface area contributed by atoms with Crippen molar-refractivity contribution in [3.63, 3.8) is 0 Å². The number of hydrogen-bond donors (Lipinski definition) is 1. The molecule has 0 aromatic heterocycles. The van der Waals surface area contributed by atoms with E-state index in [9.17, 15) is 0 Å². The zero-order valence-electron chi connectivity index (χ0n) is 7.91. The molecule has 0 aliphatic rings. The van der Waals surface area contributed by atoms with E-state index in [2.05, 4.69) is 4.99 Å². The van der Waals surface area contributed by atoms with Crippen LogP contribution in [-0.2, 0) is 0 Å². The maximum absolute atomic E-state index is 5.59. The van der Waals surface area contributed by atoms with Crippen molar-refractivity contribution in [3.05, 3.63) is 24.3 Å². The Bertz CT molecular complexity index is 241. The van der Waals surface area contributed by atoms with Gasteiger partial charge in [-0.05, 0) is 19.1 Å². The van der Waals surface area contributed by atoms with E-state index in [1.165, 1.54) is 0 Å². The normalized spacial score (nSPS) is 9.25. The third-order valence-electron chi connectivity index (χ3n) is 1.20. The van der Waals surface area contributed by atoms with Gasteiger partial charge in [0.25, 0.3) is 0 Å². The first kappa shape index (κ1) is 10.7. The van der Waals surface area contributed by atoms with Crippen LogP contribution in [0.15, 0.2) is 29.3 Å². The highest BCUT2D eigenvalue weighted by Crippen LogP contribution is 2.19. The molecule has 0 amide bonds. The van der Waals surface area contributed by atoms with Crippen LogP contribution in [0, 0.1) is 0 Å². The molecule has 0 fully saturated rings. The Morgan fingerprint density at radius 2 is 1.83 bits per heavy atom. The first-order valence-electron chi connectivity index (χ1n) is 4.18. The largest absolute Gasteiger partial charge is 0.397 e. The van der Waals surface area contributed by atoms with Gasteiger partial charge in [0.2, 0.25) is 0 Å². The molecule has 0 heterocycles. The van der Waals surface area contributed by atoms with Crippen LogP contribution in [-0.4, -0.2) is 6.21 Å². The summed E-state index contributed by atoms with van der Waals surface area (Å²) < 4.78 is 0. The van der Waals surface area contributed by atoms with Gasteiger partial charge in [0.15, 0.2) is 0 Å². The van der Waals surface area contributed by atoms with Gasteiger partial charge in [-0.3, -0.25) is 4.99 Å². The second kappa shape index (κ2) is 6.40. The standard InChI is InChI=1S/C8H10N2.C2H6/c1-2-10-8-6-4-3-5-7(8)9;1-2/h2-6H,9H2,1H3;1-2H3. The van der Waals surface area contributed by atoms with Crippen LogP contribution in [0.3, 0.4) is 0 Å². The maximum atomic E-state index is 5.59. The molecule has 0 aliphatic carbocycles. The van der Waals surface area contributed by atoms with E-state index in [1.807, 2.05) is 45.0 Å². The molecule has 0 bridgehead atoms. The van der Waals surface area contributed by atoms with Gasteiger partial charge in [-0.2, -0.15) is 0 Å². The quantitative estimate of drug-likeness (QED) is 0.503. The monoisotopic (exact) mass is 164 g/mol. The van der Waals surface area contributed by atoms with Gasteiger partial charge in [-0.25, -0.2) is 0 Å². The molecule has 0 unspecified atom stereocenters. The summed E-state index contributed by atoms with van der Waals surface area (Å²) in [7, 11) is 0. The zero-order chi connectivity index (χ0) is 9.40. The second-order valence-corrected chi connectivity index (χ2v) is 1.95. The molecular weight excluding hydrogens is 148 g/mol. The molecule has 2 nitrogen and oxygen atoms in total. The molecule has 1 rings (SSSR count). The first-order chi connectivity index (χ1) is 5.84. The van der Waals surface area contributed by atoms with E-state index in [0.717, 1.165) is 11.4 Å². The molecule has 0 saturated heterocycles. The van der Waals surface area contributed by atoms with Gasteiger partial charge >= 0.3 is 0 Å². The van der Waals surface area contributed by atoms with Crippen molar-refractivity contribution in [2.45, 2.75) is 20.8 Å². The highest BCUT2D eigenvalue weighted by Gasteiger charge is 1.89. The predicted octanol–water partition coefficient (Wildman–Crippen LogP) is 3.02. The molecule has 0 radical (unpaired) electrons. The summed E-state index contributed by atoms with van der Waals surface area (Å²) in [6.07, 6.45) is 1.73. The number of nitrogen functional groups attached to an aromatic ring is 1. The van der Waals surface area contributed by atoms with E-state index in [0.29, 0.717) is 0 Å². The summed E-state index contributed by atoms with van der Waals surface area (Å²) in [5, 5.41) is 0. The molecule has 12 heavy (non-hydrogen) atoms. The summed E-state index contributed by atoms with van der Waals surface area (Å²) in [6, 6.07) is 7.53. The third kappa shape index (κ3) is 3.19. The van der Waals surface area contributed by atoms with Crippen molar-refractivity contribution in [1.29, 1.82) is 0 Å². The van der Waals surface area contributed by atoms with Crippen molar-refractivity contribution < 1.29 is 0 Å². The van der Waals surface area contributed by atoms with Gasteiger partial charge in [0.1, 0.15) is 0 Å². The molecule has 0 spiro atoms. The Labute approximate surface area is 74.1 Å². The lowest BCUT2D eigenvalue weighted by molar-refractivity contribution is 1.50. The van der Waals surface area contributed by atoms with E-state index in [-0.39, 0.29) is 0 Å². The number of para-hydroxylation sites is 2. The number of aliphatic imine (C=N–C) groups is 1. The van der Waals surface area contributed by atoms with Crippen molar-refractivity contribution >= 4 is 17.6 Å². The second-order valence-electron chi connectivity index (χ2n) is 1.95. The van der Waals surface area contributed by atoms with E-state index >= 15 is 0 Å². The van der Waals surface area contributed by atoms with E-state index in [1.54, 1.807) is 6.21 Å². The summed E-state index contributed by atoms with van der Waals surface area (Å²) in [5.41, 5.74) is 7.15. The fourth-order valence-corrected chi connectivity index (χ4v) is 0.744. The molecule has 66 valence electrons. The molecule has 2 N–H and O–H groups in total. The minimum absolute atomic E-state index is 0.723. The van der Waals surface area contributed by atoms with Crippen LogP contribution in [0.2, 0.25) is 0 Å². The smallest absolute Gasteiger partial charge is 0.0854 e. The highest BCUT2D eigenvalue weighted by atomic mass is 14.8. The minimum Gasteiger partial charge on any atom is -0.397 e. The Balaban J connectivity index is 0.000000561. The minimum atomic E-state index is 0.723. The van der Waals surface area contributed by atoms with Crippen molar-refractivity contribution in [2.24, 2.45) is 4.99 Å². The zero-order valence-corrected chi connectivity index (χ0v) is 7.91. The number of nitrogens with zero attached hydrogens (tertiary/aromatic N) is 1. The summed E-state index contributed by atoms with van der Waals surface area (Å²) in [6.45, 7) is 5.87. The number of nitrogens with two attached hydrogens (primary N) is 1. The molecular formula is C10H16N2. The molecule has 1 aromatic carbocycles. The molecule has 0 saturated carbocycles. The van der Waals surface area contributed by atoms with Crippen LogP contribution < -0.4 is 5.73 Å². The van der Waals surface area contributed by atoms with Crippen LogP contribution in [0.1, 0.15) is 20.8 Å². The third-order valence-corrected chi connectivity index (χ3v) is 1.20. The van der Waals surface area contributed by atoms with Gasteiger partial charge in [0, 0.05) is 6.21 Å². The topological polar surface area (TPSA) is 38.4 Å². The van der Waals surface area contributed by atoms with E-state index in [4.69, 9.17) is 5.73 Å². The summed E-state index contributed by atoms with van der Waals surface area (Å²) in [5.74, 6) is 0. The average molecular weight is 164 g/mol. The maximum Gasteiger partial charge on any atom is 0.0854 e.